The third-order valence-corrected chi connectivity index (χ3v) is 2.30. The number of rotatable bonds is 6. The molecule has 6 heteroatoms. The van der Waals surface area contributed by atoms with Crippen LogP contribution in [0.25, 0.3) is 0 Å². The van der Waals surface area contributed by atoms with Crippen molar-refractivity contribution >= 4 is 24.4 Å². The van der Waals surface area contributed by atoms with Crippen LogP contribution in [-0.4, -0.2) is 55.7 Å². The van der Waals surface area contributed by atoms with Crippen LogP contribution in [0, 0.1) is 0 Å². The lowest BCUT2D eigenvalue weighted by Crippen LogP contribution is -2.49. The van der Waals surface area contributed by atoms with E-state index in [1.165, 1.54) is 6.92 Å². The second-order valence-corrected chi connectivity index (χ2v) is 3.66. The topological polar surface area (TPSA) is 61.4 Å². The molecule has 0 aliphatic rings. The molecule has 0 saturated carbocycles. The second-order valence-electron chi connectivity index (χ2n) is 3.30. The Hall–Kier alpha value is -0.750. The Morgan fingerprint density at radius 1 is 1.47 bits per heavy atom. The number of carbonyl (C=O) groups is 2. The van der Waals surface area contributed by atoms with Crippen molar-refractivity contribution in [3.8, 4) is 0 Å². The van der Waals surface area contributed by atoms with Crippen LogP contribution < -0.4 is 10.6 Å². The Balaban J connectivity index is 4.17. The lowest BCUT2D eigenvalue weighted by atomic mass is 10.3. The zero-order valence-electron chi connectivity index (χ0n) is 9.41. The van der Waals surface area contributed by atoms with Gasteiger partial charge in [0.15, 0.2) is 0 Å². The Labute approximate surface area is 96.0 Å². The largest absolute Gasteiger partial charge is 0.344 e. The first kappa shape index (κ1) is 14.2. The molecule has 0 rings (SSSR count). The third kappa shape index (κ3) is 5.64. The van der Waals surface area contributed by atoms with Gasteiger partial charge in [-0.25, -0.2) is 0 Å². The summed E-state index contributed by atoms with van der Waals surface area (Å²) in [6.45, 7) is 2.72. The van der Waals surface area contributed by atoms with Gasteiger partial charge in [0.25, 0.3) is 0 Å². The van der Waals surface area contributed by atoms with Gasteiger partial charge in [-0.15, -0.1) is 0 Å². The fraction of sp³-hybridized carbons (Fsp3) is 0.778. The van der Waals surface area contributed by atoms with Crippen molar-refractivity contribution in [2.24, 2.45) is 0 Å². The number of nitrogens with one attached hydrogen (secondary N) is 2. The van der Waals surface area contributed by atoms with Crippen LogP contribution in [0.4, 0.5) is 0 Å². The van der Waals surface area contributed by atoms with Gasteiger partial charge >= 0.3 is 0 Å². The molecule has 0 saturated heterocycles. The molecule has 0 radical (unpaired) electrons. The van der Waals surface area contributed by atoms with Gasteiger partial charge in [0.1, 0.15) is 6.04 Å². The van der Waals surface area contributed by atoms with Crippen LogP contribution in [0.3, 0.4) is 0 Å². The standard InChI is InChI=1S/C9H19N3O2S/c1-7(13)11-8(6-15)9(14)12(3)5-4-10-2/h8,10,15H,4-6H2,1-3H3,(H,11,13). The lowest BCUT2D eigenvalue weighted by Gasteiger charge is -2.22. The molecular formula is C9H19N3O2S. The first-order valence-electron chi connectivity index (χ1n) is 4.80. The molecule has 0 aliphatic carbocycles. The molecule has 0 aromatic rings. The van der Waals surface area contributed by atoms with Crippen molar-refractivity contribution in [1.29, 1.82) is 0 Å². The van der Waals surface area contributed by atoms with Crippen LogP contribution in [0.2, 0.25) is 0 Å². The first-order chi connectivity index (χ1) is 7.02. The average Bonchev–Trinajstić information content (AvgIpc) is 2.21. The Kier molecular flexibility index (Phi) is 7.15. The highest BCUT2D eigenvalue weighted by molar-refractivity contribution is 7.80. The van der Waals surface area contributed by atoms with Gasteiger partial charge in [-0.2, -0.15) is 12.6 Å². The van der Waals surface area contributed by atoms with Gasteiger partial charge in [-0.3, -0.25) is 9.59 Å². The summed E-state index contributed by atoms with van der Waals surface area (Å²) in [4.78, 5) is 24.2. The molecule has 0 heterocycles. The Morgan fingerprint density at radius 3 is 2.47 bits per heavy atom. The molecule has 15 heavy (non-hydrogen) atoms. The van der Waals surface area contributed by atoms with Crippen LogP contribution in [0.1, 0.15) is 6.92 Å². The van der Waals surface area contributed by atoms with Crippen molar-refractivity contribution in [2.45, 2.75) is 13.0 Å². The SMILES string of the molecule is CNCCN(C)C(=O)C(CS)NC(C)=O. The predicted molar refractivity (Wildman–Crippen MR) is 63.0 cm³/mol. The maximum Gasteiger partial charge on any atom is 0.245 e. The van der Waals surface area contributed by atoms with E-state index in [-0.39, 0.29) is 11.8 Å². The second kappa shape index (κ2) is 7.53. The number of carbonyl (C=O) groups excluding carboxylic acids is 2. The molecule has 88 valence electrons. The number of hydrogen-bond donors (Lipinski definition) is 3. The molecule has 1 atom stereocenters. The maximum absolute atomic E-state index is 11.8. The monoisotopic (exact) mass is 233 g/mol. The zero-order chi connectivity index (χ0) is 11.8. The van der Waals surface area contributed by atoms with E-state index >= 15 is 0 Å². The smallest absolute Gasteiger partial charge is 0.245 e. The number of hydrogen-bond acceptors (Lipinski definition) is 4. The van der Waals surface area contributed by atoms with Crippen molar-refractivity contribution in [3.05, 3.63) is 0 Å². The van der Waals surface area contributed by atoms with Crippen LogP contribution >= 0.6 is 12.6 Å². The van der Waals surface area contributed by atoms with E-state index in [0.29, 0.717) is 12.3 Å². The number of thiol groups is 1. The van der Waals surface area contributed by atoms with Gasteiger partial charge in [0.05, 0.1) is 0 Å². The molecule has 0 aromatic heterocycles. The molecule has 0 spiro atoms. The number of nitrogens with zero attached hydrogens (tertiary/aromatic N) is 1. The molecule has 2 amide bonds. The predicted octanol–water partition coefficient (Wildman–Crippen LogP) is -0.901. The van der Waals surface area contributed by atoms with E-state index in [9.17, 15) is 9.59 Å². The van der Waals surface area contributed by atoms with E-state index in [2.05, 4.69) is 23.3 Å². The molecule has 0 aliphatic heterocycles. The summed E-state index contributed by atoms with van der Waals surface area (Å²) in [5, 5.41) is 5.51. The molecule has 2 N–H and O–H groups in total. The van der Waals surface area contributed by atoms with Crippen molar-refractivity contribution in [3.63, 3.8) is 0 Å². The minimum atomic E-state index is -0.535. The summed E-state index contributed by atoms with van der Waals surface area (Å²) in [5.74, 6) is -0.0256. The lowest BCUT2D eigenvalue weighted by molar-refractivity contribution is -0.134. The van der Waals surface area contributed by atoms with Crippen LogP contribution in [0.15, 0.2) is 0 Å². The molecule has 0 fully saturated rings. The quantitative estimate of drug-likeness (QED) is 0.521. The fourth-order valence-corrected chi connectivity index (χ4v) is 1.33. The summed E-state index contributed by atoms with van der Waals surface area (Å²) in [6.07, 6.45) is 0. The average molecular weight is 233 g/mol. The highest BCUT2D eigenvalue weighted by atomic mass is 32.1. The number of likely N-dealkylation sites (N-methyl/N-ethyl adjacent to an activating group) is 2. The van der Waals surface area contributed by atoms with Crippen molar-refractivity contribution < 1.29 is 9.59 Å². The van der Waals surface area contributed by atoms with E-state index < -0.39 is 6.04 Å². The van der Waals surface area contributed by atoms with Gasteiger partial charge < -0.3 is 15.5 Å². The normalized spacial score (nSPS) is 12.0. The van der Waals surface area contributed by atoms with Crippen LogP contribution in [-0.2, 0) is 9.59 Å². The highest BCUT2D eigenvalue weighted by Gasteiger charge is 2.20. The minimum Gasteiger partial charge on any atom is -0.344 e. The van der Waals surface area contributed by atoms with E-state index in [1.807, 2.05) is 7.05 Å². The molecular weight excluding hydrogens is 214 g/mol. The zero-order valence-corrected chi connectivity index (χ0v) is 10.3. The number of amides is 2. The molecule has 0 aromatic carbocycles. The van der Waals surface area contributed by atoms with Gasteiger partial charge in [-0.1, -0.05) is 0 Å². The summed E-state index contributed by atoms with van der Waals surface area (Å²) in [7, 11) is 3.53. The van der Waals surface area contributed by atoms with Crippen molar-refractivity contribution in [1.82, 2.24) is 15.5 Å². The molecule has 0 bridgehead atoms. The fourth-order valence-electron chi connectivity index (χ4n) is 1.09. The van der Waals surface area contributed by atoms with E-state index in [0.717, 1.165) is 6.54 Å². The van der Waals surface area contributed by atoms with Crippen molar-refractivity contribution in [2.75, 3.05) is 32.9 Å². The van der Waals surface area contributed by atoms with Gasteiger partial charge in [0.2, 0.25) is 11.8 Å². The van der Waals surface area contributed by atoms with E-state index in [4.69, 9.17) is 0 Å². The van der Waals surface area contributed by atoms with Crippen LogP contribution in [0.5, 0.6) is 0 Å². The van der Waals surface area contributed by atoms with Gasteiger partial charge in [-0.05, 0) is 7.05 Å². The molecule has 1 unspecified atom stereocenters. The summed E-state index contributed by atoms with van der Waals surface area (Å²) >= 11 is 4.04. The maximum atomic E-state index is 11.8. The summed E-state index contributed by atoms with van der Waals surface area (Å²) in [5.41, 5.74) is 0. The van der Waals surface area contributed by atoms with Gasteiger partial charge in [0, 0.05) is 32.8 Å². The Morgan fingerprint density at radius 2 is 2.07 bits per heavy atom. The molecule has 5 nitrogen and oxygen atoms in total. The minimum absolute atomic E-state index is 0.115. The third-order valence-electron chi connectivity index (χ3n) is 1.93. The summed E-state index contributed by atoms with van der Waals surface area (Å²) < 4.78 is 0. The Bertz CT molecular complexity index is 223. The summed E-state index contributed by atoms with van der Waals surface area (Å²) in [6, 6.07) is -0.535. The van der Waals surface area contributed by atoms with E-state index in [1.54, 1.807) is 11.9 Å². The first-order valence-corrected chi connectivity index (χ1v) is 5.43. The highest BCUT2D eigenvalue weighted by Crippen LogP contribution is 1.95.